The number of benzene rings is 1. The minimum Gasteiger partial charge on any atom is -0.448 e. The van der Waals surface area contributed by atoms with Crippen molar-refractivity contribution in [3.8, 4) is 0 Å². The first-order valence-electron chi connectivity index (χ1n) is 7.52. The highest BCUT2D eigenvalue weighted by Gasteiger charge is 2.36. The Morgan fingerprint density at radius 2 is 2.18 bits per heavy atom. The Morgan fingerprint density at radius 1 is 1.27 bits per heavy atom. The second-order valence-electron chi connectivity index (χ2n) is 5.78. The standard InChI is InChI=1S/C16H17N3O3/c20-15(12-1-2-14-11(9-12)3-5-17-14)18-6-4-13(10-18)19-7-8-22-16(19)21/h1-3,5,9,13,17H,4,6-8,10H2. The lowest BCUT2D eigenvalue weighted by Gasteiger charge is -2.22. The number of amides is 2. The summed E-state index contributed by atoms with van der Waals surface area (Å²) in [6, 6.07) is 7.71. The highest BCUT2D eigenvalue weighted by atomic mass is 16.6. The van der Waals surface area contributed by atoms with Crippen LogP contribution in [0.25, 0.3) is 10.9 Å². The summed E-state index contributed by atoms with van der Waals surface area (Å²) in [5, 5.41) is 1.03. The molecule has 0 bridgehead atoms. The number of nitrogens with zero attached hydrogens (tertiary/aromatic N) is 2. The number of rotatable bonds is 2. The first kappa shape index (κ1) is 13.2. The van der Waals surface area contributed by atoms with Crippen molar-refractivity contribution in [2.24, 2.45) is 0 Å². The van der Waals surface area contributed by atoms with Crippen LogP contribution in [-0.4, -0.2) is 59.1 Å². The molecule has 2 saturated heterocycles. The van der Waals surface area contributed by atoms with Crippen LogP contribution in [-0.2, 0) is 4.74 Å². The van der Waals surface area contributed by atoms with Crippen LogP contribution in [0.5, 0.6) is 0 Å². The molecule has 2 aliphatic heterocycles. The number of nitrogens with one attached hydrogen (secondary N) is 1. The third-order valence-corrected chi connectivity index (χ3v) is 4.48. The molecule has 2 fully saturated rings. The van der Waals surface area contributed by atoms with Crippen LogP contribution in [0.15, 0.2) is 30.5 Å². The predicted molar refractivity (Wildman–Crippen MR) is 80.7 cm³/mol. The molecule has 0 spiro atoms. The lowest BCUT2D eigenvalue weighted by atomic mass is 10.1. The molecule has 4 rings (SSSR count). The molecule has 2 aromatic rings. The molecule has 1 atom stereocenters. The van der Waals surface area contributed by atoms with Crippen molar-refractivity contribution in [1.29, 1.82) is 0 Å². The van der Waals surface area contributed by atoms with Crippen molar-refractivity contribution < 1.29 is 14.3 Å². The summed E-state index contributed by atoms with van der Waals surface area (Å²) in [5.41, 5.74) is 1.72. The van der Waals surface area contributed by atoms with Gasteiger partial charge in [-0.1, -0.05) is 0 Å². The van der Waals surface area contributed by atoms with Gasteiger partial charge in [-0.05, 0) is 30.7 Å². The maximum atomic E-state index is 12.6. The molecule has 2 aliphatic rings. The molecule has 1 aromatic carbocycles. The van der Waals surface area contributed by atoms with E-state index >= 15 is 0 Å². The Labute approximate surface area is 127 Å². The SMILES string of the molecule is O=C(c1ccc2[nH]ccc2c1)N1CCC(N2CCOC2=O)C1. The smallest absolute Gasteiger partial charge is 0.410 e. The fourth-order valence-corrected chi connectivity index (χ4v) is 3.29. The summed E-state index contributed by atoms with van der Waals surface area (Å²) >= 11 is 0. The Bertz CT molecular complexity index is 739. The minimum absolute atomic E-state index is 0.0261. The molecule has 6 heteroatoms. The number of carbonyl (C=O) groups is 2. The van der Waals surface area contributed by atoms with Crippen LogP contribution in [0.2, 0.25) is 0 Å². The lowest BCUT2D eigenvalue weighted by molar-refractivity contribution is 0.0780. The molecule has 6 nitrogen and oxygen atoms in total. The molecule has 1 unspecified atom stereocenters. The first-order valence-corrected chi connectivity index (χ1v) is 7.52. The molecular weight excluding hydrogens is 282 g/mol. The third-order valence-electron chi connectivity index (χ3n) is 4.48. The van der Waals surface area contributed by atoms with E-state index in [0.29, 0.717) is 31.8 Å². The van der Waals surface area contributed by atoms with Gasteiger partial charge < -0.3 is 14.6 Å². The van der Waals surface area contributed by atoms with Gasteiger partial charge in [-0.3, -0.25) is 9.69 Å². The minimum atomic E-state index is -0.256. The van der Waals surface area contributed by atoms with Gasteiger partial charge in [0.05, 0.1) is 12.6 Å². The zero-order valence-electron chi connectivity index (χ0n) is 12.1. The van der Waals surface area contributed by atoms with E-state index in [0.717, 1.165) is 17.3 Å². The molecule has 114 valence electrons. The molecule has 0 radical (unpaired) electrons. The highest BCUT2D eigenvalue weighted by Crippen LogP contribution is 2.22. The second-order valence-corrected chi connectivity index (χ2v) is 5.78. The largest absolute Gasteiger partial charge is 0.448 e. The van der Waals surface area contributed by atoms with Gasteiger partial charge in [0, 0.05) is 35.8 Å². The van der Waals surface area contributed by atoms with Crippen molar-refractivity contribution in [3.63, 3.8) is 0 Å². The Morgan fingerprint density at radius 3 is 3.00 bits per heavy atom. The molecular formula is C16H17N3O3. The van der Waals surface area contributed by atoms with Crippen LogP contribution in [0.3, 0.4) is 0 Å². The molecule has 1 aromatic heterocycles. The lowest BCUT2D eigenvalue weighted by Crippen LogP contribution is -2.39. The molecule has 3 heterocycles. The highest BCUT2D eigenvalue weighted by molar-refractivity contribution is 5.98. The first-order chi connectivity index (χ1) is 10.7. The average molecular weight is 299 g/mol. The Kier molecular flexibility index (Phi) is 3.03. The van der Waals surface area contributed by atoms with Gasteiger partial charge >= 0.3 is 6.09 Å². The topological polar surface area (TPSA) is 65.6 Å². The van der Waals surface area contributed by atoms with E-state index in [1.54, 1.807) is 4.90 Å². The van der Waals surface area contributed by atoms with E-state index in [4.69, 9.17) is 4.74 Å². The van der Waals surface area contributed by atoms with Gasteiger partial charge in [-0.25, -0.2) is 4.79 Å². The van der Waals surface area contributed by atoms with Crippen LogP contribution in [0.4, 0.5) is 4.79 Å². The zero-order valence-corrected chi connectivity index (χ0v) is 12.1. The monoisotopic (exact) mass is 299 g/mol. The van der Waals surface area contributed by atoms with Gasteiger partial charge in [-0.15, -0.1) is 0 Å². The number of aromatic nitrogens is 1. The van der Waals surface area contributed by atoms with E-state index in [9.17, 15) is 9.59 Å². The maximum Gasteiger partial charge on any atom is 0.410 e. The van der Waals surface area contributed by atoms with Crippen LogP contribution in [0, 0.1) is 0 Å². The number of cyclic esters (lactones) is 1. The van der Waals surface area contributed by atoms with E-state index in [2.05, 4.69) is 4.98 Å². The Balaban J connectivity index is 1.50. The fourth-order valence-electron chi connectivity index (χ4n) is 3.29. The van der Waals surface area contributed by atoms with Gasteiger partial charge in [-0.2, -0.15) is 0 Å². The third kappa shape index (κ3) is 2.11. The molecule has 0 aliphatic carbocycles. The van der Waals surface area contributed by atoms with Crippen LogP contribution < -0.4 is 0 Å². The quantitative estimate of drug-likeness (QED) is 0.920. The number of fused-ring (bicyclic) bond motifs is 1. The predicted octanol–water partition coefficient (Wildman–Crippen LogP) is 1.83. The number of ether oxygens (including phenoxy) is 1. The van der Waals surface area contributed by atoms with E-state index < -0.39 is 0 Å². The summed E-state index contributed by atoms with van der Waals surface area (Å²) in [7, 11) is 0. The van der Waals surface area contributed by atoms with Crippen molar-refractivity contribution in [3.05, 3.63) is 36.0 Å². The van der Waals surface area contributed by atoms with Gasteiger partial charge in [0.25, 0.3) is 5.91 Å². The average Bonchev–Trinajstić information content (AvgIpc) is 3.25. The molecule has 2 amide bonds. The van der Waals surface area contributed by atoms with Gasteiger partial charge in [0.15, 0.2) is 0 Å². The molecule has 22 heavy (non-hydrogen) atoms. The Hall–Kier alpha value is -2.50. The summed E-state index contributed by atoms with van der Waals surface area (Å²) in [6.07, 6.45) is 2.42. The number of likely N-dealkylation sites (tertiary alicyclic amines) is 1. The molecule has 1 N–H and O–H groups in total. The van der Waals surface area contributed by atoms with Gasteiger partial charge in [0.1, 0.15) is 6.61 Å². The molecule has 0 saturated carbocycles. The van der Waals surface area contributed by atoms with Crippen LogP contribution in [0.1, 0.15) is 16.8 Å². The van der Waals surface area contributed by atoms with E-state index in [-0.39, 0.29) is 18.0 Å². The number of hydrogen-bond donors (Lipinski definition) is 1. The summed E-state index contributed by atoms with van der Waals surface area (Å²) in [5.74, 6) is 0.0261. The van der Waals surface area contributed by atoms with E-state index in [1.807, 2.05) is 35.4 Å². The van der Waals surface area contributed by atoms with Crippen molar-refractivity contribution in [2.45, 2.75) is 12.5 Å². The van der Waals surface area contributed by atoms with Gasteiger partial charge in [0.2, 0.25) is 0 Å². The van der Waals surface area contributed by atoms with Crippen molar-refractivity contribution in [1.82, 2.24) is 14.8 Å². The summed E-state index contributed by atoms with van der Waals surface area (Å²) in [6.45, 7) is 2.34. The van der Waals surface area contributed by atoms with E-state index in [1.165, 1.54) is 0 Å². The summed E-state index contributed by atoms with van der Waals surface area (Å²) < 4.78 is 4.98. The number of aromatic amines is 1. The van der Waals surface area contributed by atoms with Crippen molar-refractivity contribution >= 4 is 22.9 Å². The number of hydrogen-bond acceptors (Lipinski definition) is 3. The normalized spacial score (nSPS) is 21.6. The number of carbonyl (C=O) groups excluding carboxylic acids is 2. The maximum absolute atomic E-state index is 12.6. The number of H-pyrrole nitrogens is 1. The summed E-state index contributed by atoms with van der Waals surface area (Å²) in [4.78, 5) is 30.9. The van der Waals surface area contributed by atoms with Crippen LogP contribution >= 0.6 is 0 Å². The zero-order chi connectivity index (χ0) is 15.1. The second kappa shape index (κ2) is 5.05. The fraction of sp³-hybridized carbons (Fsp3) is 0.375. The van der Waals surface area contributed by atoms with Crippen molar-refractivity contribution in [2.75, 3.05) is 26.2 Å².